The lowest BCUT2D eigenvalue weighted by Gasteiger charge is -2.12. The third-order valence-corrected chi connectivity index (χ3v) is 10.8. The van der Waals surface area contributed by atoms with Gasteiger partial charge in [-0.2, -0.15) is 4.98 Å². The van der Waals surface area contributed by atoms with E-state index in [9.17, 15) is 19.5 Å². The van der Waals surface area contributed by atoms with Gasteiger partial charge in [0.05, 0.1) is 16.7 Å². The van der Waals surface area contributed by atoms with Gasteiger partial charge in [-0.05, 0) is 129 Å². The van der Waals surface area contributed by atoms with Crippen LogP contribution in [0.2, 0.25) is 0 Å². The number of nitrogens with one attached hydrogen (secondary N) is 2. The van der Waals surface area contributed by atoms with Gasteiger partial charge in [0.25, 0.3) is 23.0 Å². The Balaban J connectivity index is 0.000000181. The average molecular weight is 859 g/mol. The van der Waals surface area contributed by atoms with Crippen molar-refractivity contribution in [2.75, 3.05) is 5.32 Å². The number of pyridine rings is 4. The average Bonchev–Trinajstić information content (AvgIpc) is 4.14. The number of anilines is 2. The van der Waals surface area contributed by atoms with Gasteiger partial charge in [0.1, 0.15) is 5.60 Å². The molecule has 8 N–H and O–H groups in total. The summed E-state index contributed by atoms with van der Waals surface area (Å²) in [6.45, 7) is 7.68. The molecule has 5 aromatic heterocycles. The van der Waals surface area contributed by atoms with Crippen LogP contribution in [0, 0.1) is 27.7 Å². The molecule has 328 valence electrons. The molecular weight excluding hydrogens is 809 g/mol. The number of carboxylic acids is 1. The van der Waals surface area contributed by atoms with E-state index in [0.29, 0.717) is 42.5 Å². The first kappa shape index (κ1) is 45.3. The lowest BCUT2D eigenvalue weighted by atomic mass is 9.99. The van der Waals surface area contributed by atoms with Crippen LogP contribution < -0.4 is 27.6 Å². The molecule has 2 aromatic carbocycles. The normalized spacial score (nSPS) is 14.4. The van der Waals surface area contributed by atoms with E-state index in [2.05, 4.69) is 30.4 Å². The largest absolute Gasteiger partial charge is 0.479 e. The molecule has 2 aliphatic carbocycles. The van der Waals surface area contributed by atoms with Crippen molar-refractivity contribution in [3.8, 4) is 22.3 Å². The number of nitrogens with two attached hydrogens (primary N) is 1. The molecule has 63 heavy (non-hydrogen) atoms. The van der Waals surface area contributed by atoms with Crippen LogP contribution in [0.3, 0.4) is 0 Å². The third-order valence-electron chi connectivity index (χ3n) is 10.8. The minimum atomic E-state index is -1.33. The molecule has 9 rings (SSSR count). The molecule has 18 nitrogen and oxygen atoms in total. The van der Waals surface area contributed by atoms with Crippen LogP contribution in [-0.4, -0.2) is 67.3 Å². The number of hydroxylamine groups is 1. The topological polar surface area (TPSA) is 269 Å². The SMILES string of the molecule is C.Cc1cc2c(cn1)cc(-c1cc(N=C(N)NO)ccc1C)c(=O)n2C.Cc1cc2c(cn1)cc(-c1cc(Nc3noc(C4(O)CC4)n3)ccc1C)c(=O)n2C.O=C(O)C1(O)CC1. The number of aryl methyl sites for hydroxylation is 6. The maximum absolute atomic E-state index is 13.1. The zero-order valence-electron chi connectivity index (χ0n) is 34.9. The van der Waals surface area contributed by atoms with E-state index in [-0.39, 0.29) is 36.3 Å². The Hall–Kier alpha value is -7.28. The number of guanidine groups is 1. The van der Waals surface area contributed by atoms with E-state index in [1.165, 1.54) is 0 Å². The van der Waals surface area contributed by atoms with Crippen molar-refractivity contribution in [2.45, 2.75) is 72.0 Å². The summed E-state index contributed by atoms with van der Waals surface area (Å²) in [5.74, 6) is -0.719. The summed E-state index contributed by atoms with van der Waals surface area (Å²) >= 11 is 0. The van der Waals surface area contributed by atoms with Gasteiger partial charge in [-0.3, -0.25) is 24.8 Å². The summed E-state index contributed by atoms with van der Waals surface area (Å²) in [5.41, 5.74) is 14.1. The molecule has 0 radical (unpaired) electrons. The number of aliphatic carboxylic acids is 1. The smallest absolute Gasteiger partial charge is 0.335 e. The summed E-state index contributed by atoms with van der Waals surface area (Å²) in [4.78, 5) is 52.7. The Morgan fingerprint density at radius 2 is 1.30 bits per heavy atom. The van der Waals surface area contributed by atoms with Crippen molar-refractivity contribution in [2.24, 2.45) is 24.8 Å². The molecule has 0 atom stereocenters. The van der Waals surface area contributed by atoms with Crippen molar-refractivity contribution in [1.29, 1.82) is 0 Å². The molecule has 7 aromatic rings. The molecular formula is C45H50N10O8. The van der Waals surface area contributed by atoms with Gasteiger partial charge in [-0.1, -0.05) is 19.6 Å². The predicted octanol–water partition coefficient (Wildman–Crippen LogP) is 5.70. The lowest BCUT2D eigenvalue weighted by Crippen LogP contribution is -2.27. The van der Waals surface area contributed by atoms with Crippen LogP contribution in [0.5, 0.6) is 0 Å². The van der Waals surface area contributed by atoms with E-state index in [4.69, 9.17) is 25.7 Å². The Morgan fingerprint density at radius 3 is 1.78 bits per heavy atom. The fourth-order valence-corrected chi connectivity index (χ4v) is 6.70. The van der Waals surface area contributed by atoms with Crippen LogP contribution in [-0.2, 0) is 24.5 Å². The van der Waals surface area contributed by atoms with Gasteiger partial charge < -0.3 is 40.0 Å². The highest BCUT2D eigenvalue weighted by molar-refractivity contribution is 5.87. The van der Waals surface area contributed by atoms with Crippen molar-refractivity contribution in [1.82, 2.24) is 34.7 Å². The quantitative estimate of drug-likeness (QED) is 0.0576. The Bertz CT molecular complexity index is 3040. The molecule has 0 saturated heterocycles. The molecule has 2 aliphatic rings. The van der Waals surface area contributed by atoms with Crippen LogP contribution in [0.1, 0.15) is 61.5 Å². The van der Waals surface area contributed by atoms with Crippen molar-refractivity contribution >= 4 is 51.1 Å². The van der Waals surface area contributed by atoms with E-state index in [0.717, 1.165) is 61.1 Å². The number of rotatable bonds is 7. The first-order chi connectivity index (χ1) is 29.4. The van der Waals surface area contributed by atoms with E-state index < -0.39 is 17.2 Å². The number of aromatic nitrogens is 6. The van der Waals surface area contributed by atoms with Crippen molar-refractivity contribution in [3.63, 3.8) is 0 Å². The number of hydrogen-bond acceptors (Lipinski definition) is 13. The highest BCUT2D eigenvalue weighted by atomic mass is 16.5. The molecule has 18 heteroatoms. The summed E-state index contributed by atoms with van der Waals surface area (Å²) in [6, 6.07) is 18.6. The van der Waals surface area contributed by atoms with E-state index in [1.54, 1.807) is 53.2 Å². The molecule has 2 fully saturated rings. The van der Waals surface area contributed by atoms with Gasteiger partial charge >= 0.3 is 5.97 Å². The molecule has 0 spiro atoms. The van der Waals surface area contributed by atoms with Crippen LogP contribution >= 0.6 is 0 Å². The van der Waals surface area contributed by atoms with Crippen LogP contribution in [0.15, 0.2) is 92.2 Å². The van der Waals surface area contributed by atoms with Crippen LogP contribution in [0.25, 0.3) is 44.1 Å². The molecule has 0 unspecified atom stereocenters. The summed E-state index contributed by atoms with van der Waals surface area (Å²) in [7, 11) is 3.52. The first-order valence-electron chi connectivity index (χ1n) is 19.6. The number of hydrogen-bond donors (Lipinski definition) is 7. The molecule has 5 heterocycles. The van der Waals surface area contributed by atoms with Gasteiger partial charge in [0.2, 0.25) is 5.96 Å². The zero-order chi connectivity index (χ0) is 44.7. The number of aliphatic imine (C=N–C) groups is 1. The second-order valence-corrected chi connectivity index (χ2v) is 15.7. The maximum Gasteiger partial charge on any atom is 0.335 e. The molecule has 0 bridgehead atoms. The number of fused-ring (bicyclic) bond motifs is 2. The van der Waals surface area contributed by atoms with Gasteiger partial charge in [-0.15, -0.1) is 0 Å². The number of carbonyl (C=O) groups is 1. The number of nitrogens with zero attached hydrogens (tertiary/aromatic N) is 7. The van der Waals surface area contributed by atoms with Gasteiger partial charge in [0, 0.05) is 65.5 Å². The number of carboxylic acid groups (broad SMARTS) is 1. The molecule has 0 amide bonds. The third kappa shape index (κ3) is 9.62. The predicted molar refractivity (Wildman–Crippen MR) is 239 cm³/mol. The van der Waals surface area contributed by atoms with Crippen molar-refractivity contribution in [3.05, 3.63) is 122 Å². The fraction of sp³-hybridized carbons (Fsp3) is 0.289. The van der Waals surface area contributed by atoms with Gasteiger partial charge in [-0.25, -0.2) is 15.3 Å². The van der Waals surface area contributed by atoms with E-state index in [1.807, 2.05) is 76.2 Å². The van der Waals surface area contributed by atoms with E-state index >= 15 is 0 Å². The number of benzene rings is 2. The Labute approximate surface area is 361 Å². The standard InChI is InChI=1S/C22H21N5O3.C18H19N5O2.C4H6O3.CH4/c1-12-4-5-15(24-21-25-20(30-26-21)22(29)6-7-22)10-16(12)17-9-14-11-23-13(2)8-18(14)27(3)19(17)28;1-10-4-5-13(21-18(19)22-25)8-14(10)15-7-12-9-20-11(2)6-16(12)23(3)17(15)24;5-3(6)4(7)1-2-4;/h4-5,8-11,29H,6-7H2,1-3H3,(H,24,26);4-9,25H,1-3H3,(H3,19,21,22);7H,1-2H2,(H,5,6);1H4. The van der Waals surface area contributed by atoms with Gasteiger partial charge in [0.15, 0.2) is 5.60 Å². The Kier molecular flexibility index (Phi) is 12.6. The Morgan fingerprint density at radius 1 is 0.778 bits per heavy atom. The summed E-state index contributed by atoms with van der Waals surface area (Å²) < 4.78 is 8.44. The highest BCUT2D eigenvalue weighted by Crippen LogP contribution is 2.44. The monoisotopic (exact) mass is 858 g/mol. The van der Waals surface area contributed by atoms with Crippen LogP contribution in [0.4, 0.5) is 17.3 Å². The zero-order valence-corrected chi connectivity index (χ0v) is 34.9. The van der Waals surface area contributed by atoms with Crippen molar-refractivity contribution < 1.29 is 29.8 Å². The maximum atomic E-state index is 13.1. The molecule has 0 aliphatic heterocycles. The number of aliphatic hydroxyl groups is 2. The second-order valence-electron chi connectivity index (χ2n) is 15.7. The minimum absolute atomic E-state index is 0. The summed E-state index contributed by atoms with van der Waals surface area (Å²) in [5, 5.41) is 44.3. The second kappa shape index (κ2) is 17.6. The fourth-order valence-electron chi connectivity index (χ4n) is 6.70. The molecule has 2 saturated carbocycles. The highest BCUT2D eigenvalue weighted by Gasteiger charge is 2.48. The summed E-state index contributed by atoms with van der Waals surface area (Å²) in [6.07, 6.45) is 5.64. The first-order valence-corrected chi connectivity index (χ1v) is 19.6. The lowest BCUT2D eigenvalue weighted by molar-refractivity contribution is -0.148. The minimum Gasteiger partial charge on any atom is -0.479 e.